The molecule has 0 radical (unpaired) electrons. The van der Waals surface area contributed by atoms with Crippen LogP contribution in [0.15, 0.2) is 30.3 Å². The van der Waals surface area contributed by atoms with Gasteiger partial charge in [0.05, 0.1) is 16.4 Å². The number of fused-ring (bicyclic) bond motifs is 2. The number of amides is 1. The van der Waals surface area contributed by atoms with Gasteiger partial charge in [-0.15, -0.1) is 0 Å². The number of likely N-dealkylation sites (tertiary alicyclic amines) is 1. The van der Waals surface area contributed by atoms with Gasteiger partial charge in [0.25, 0.3) is 11.1 Å². The molecule has 0 saturated carbocycles. The third kappa shape index (κ3) is 3.53. The van der Waals surface area contributed by atoms with Crippen LogP contribution >= 0.6 is 23.1 Å². The Morgan fingerprint density at radius 2 is 1.90 bits per heavy atom. The molecule has 6 nitrogen and oxygen atoms in total. The molecule has 3 heterocycles. The average molecular weight is 432 g/mol. The molecule has 29 heavy (non-hydrogen) atoms. The number of carbonyl (C=O) groups is 1. The zero-order valence-electron chi connectivity index (χ0n) is 15.0. The van der Waals surface area contributed by atoms with Crippen LogP contribution in [0.1, 0.15) is 23.2 Å². The number of aromatic nitrogens is 3. The maximum Gasteiger partial charge on any atom is 0.274 e. The summed E-state index contributed by atoms with van der Waals surface area (Å²) in [6.07, 6.45) is 1.15. The van der Waals surface area contributed by atoms with Crippen LogP contribution in [0.25, 0.3) is 21.3 Å². The van der Waals surface area contributed by atoms with E-state index in [1.165, 1.54) is 6.07 Å². The van der Waals surface area contributed by atoms with Gasteiger partial charge in [0, 0.05) is 37.6 Å². The van der Waals surface area contributed by atoms with Crippen molar-refractivity contribution in [1.29, 1.82) is 0 Å². The van der Waals surface area contributed by atoms with E-state index in [-0.39, 0.29) is 17.5 Å². The van der Waals surface area contributed by atoms with Crippen LogP contribution in [0.2, 0.25) is 0 Å². The van der Waals surface area contributed by atoms with E-state index in [4.69, 9.17) is 4.74 Å². The SMILES string of the molecule is O=C(c1ccc2nsnc2c1)N1CCC(Oc2nc3c(F)cc(F)cc3s2)CC1. The topological polar surface area (TPSA) is 68.2 Å². The molecule has 148 valence electrons. The summed E-state index contributed by atoms with van der Waals surface area (Å²) in [5.74, 6) is -1.38. The molecule has 0 N–H and O–H groups in total. The fourth-order valence-electron chi connectivity index (χ4n) is 3.40. The quantitative estimate of drug-likeness (QED) is 0.484. The Kier molecular flexibility index (Phi) is 4.59. The second-order valence-electron chi connectivity index (χ2n) is 6.79. The largest absolute Gasteiger partial charge is 0.467 e. The van der Waals surface area contributed by atoms with Gasteiger partial charge in [-0.2, -0.15) is 13.7 Å². The minimum atomic E-state index is -0.696. The summed E-state index contributed by atoms with van der Waals surface area (Å²) in [5.41, 5.74) is 2.21. The normalized spacial score (nSPS) is 15.3. The lowest BCUT2D eigenvalue weighted by Gasteiger charge is -2.31. The van der Waals surface area contributed by atoms with Crippen molar-refractivity contribution >= 4 is 50.2 Å². The Morgan fingerprint density at radius 1 is 1.10 bits per heavy atom. The molecule has 0 unspecified atom stereocenters. The first-order chi connectivity index (χ1) is 14.1. The molecule has 1 fully saturated rings. The summed E-state index contributed by atoms with van der Waals surface area (Å²) in [5, 5.41) is 0.316. The highest BCUT2D eigenvalue weighted by Gasteiger charge is 2.26. The molecule has 4 aromatic rings. The van der Waals surface area contributed by atoms with Crippen molar-refractivity contribution in [2.45, 2.75) is 18.9 Å². The number of rotatable bonds is 3. The maximum absolute atomic E-state index is 13.8. The standard InChI is InChI=1S/C19H14F2N4O2S2/c20-11-8-13(21)17-16(9-11)28-19(22-17)27-12-3-5-25(6-4-12)18(26)10-1-2-14-15(7-10)24-29-23-14/h1-2,7-9,12H,3-6H2. The van der Waals surface area contributed by atoms with Crippen molar-refractivity contribution in [3.63, 3.8) is 0 Å². The Balaban J connectivity index is 1.24. The molecule has 0 spiro atoms. The van der Waals surface area contributed by atoms with E-state index in [1.54, 1.807) is 23.1 Å². The number of ether oxygens (including phenoxy) is 1. The number of nitrogens with zero attached hydrogens (tertiary/aromatic N) is 4. The van der Waals surface area contributed by atoms with Crippen molar-refractivity contribution in [1.82, 2.24) is 18.6 Å². The second-order valence-corrected chi connectivity index (χ2v) is 8.31. The molecule has 1 aliphatic rings. The van der Waals surface area contributed by atoms with Gasteiger partial charge in [-0.05, 0) is 24.3 Å². The second kappa shape index (κ2) is 7.27. The van der Waals surface area contributed by atoms with Gasteiger partial charge < -0.3 is 9.64 Å². The Labute approximate surface area is 172 Å². The van der Waals surface area contributed by atoms with E-state index in [9.17, 15) is 13.6 Å². The van der Waals surface area contributed by atoms with Gasteiger partial charge in [-0.3, -0.25) is 4.79 Å². The van der Waals surface area contributed by atoms with E-state index in [1.807, 2.05) is 0 Å². The molecule has 1 saturated heterocycles. The molecule has 0 aliphatic carbocycles. The molecular weight excluding hydrogens is 418 g/mol. The summed E-state index contributed by atoms with van der Waals surface area (Å²) in [7, 11) is 0. The Hall–Kier alpha value is -2.72. The zero-order chi connectivity index (χ0) is 20.0. The number of halogens is 2. The predicted octanol–water partition coefficient (Wildman–Crippen LogP) is 4.26. The summed E-state index contributed by atoms with van der Waals surface area (Å²) in [4.78, 5) is 18.7. The van der Waals surface area contributed by atoms with Crippen LogP contribution in [0.5, 0.6) is 5.19 Å². The van der Waals surface area contributed by atoms with Gasteiger partial charge in [0.2, 0.25) is 0 Å². The summed E-state index contributed by atoms with van der Waals surface area (Å²) in [6.45, 7) is 1.09. The van der Waals surface area contributed by atoms with E-state index in [0.717, 1.165) is 40.2 Å². The number of benzene rings is 2. The number of carbonyl (C=O) groups excluding carboxylic acids is 1. The predicted molar refractivity (Wildman–Crippen MR) is 107 cm³/mol. The molecular formula is C19H14F2N4O2S2. The fraction of sp³-hybridized carbons (Fsp3) is 0.263. The van der Waals surface area contributed by atoms with Gasteiger partial charge in [-0.1, -0.05) is 11.3 Å². The van der Waals surface area contributed by atoms with Crippen molar-refractivity contribution < 1.29 is 18.3 Å². The minimum Gasteiger partial charge on any atom is -0.467 e. The van der Waals surface area contributed by atoms with Gasteiger partial charge >= 0.3 is 0 Å². The van der Waals surface area contributed by atoms with Gasteiger partial charge in [0.1, 0.15) is 28.5 Å². The first kappa shape index (κ1) is 18.3. The summed E-state index contributed by atoms with van der Waals surface area (Å²) >= 11 is 2.24. The van der Waals surface area contributed by atoms with E-state index in [0.29, 0.717) is 41.4 Å². The number of hydrogen-bond donors (Lipinski definition) is 0. The minimum absolute atomic E-state index is 0.0455. The number of thiazole rings is 1. The third-order valence-corrected chi connectivity index (χ3v) is 6.34. The number of hydrogen-bond acceptors (Lipinski definition) is 7. The molecule has 2 aromatic carbocycles. The highest BCUT2D eigenvalue weighted by molar-refractivity contribution is 7.20. The van der Waals surface area contributed by atoms with E-state index >= 15 is 0 Å². The highest BCUT2D eigenvalue weighted by Crippen LogP contribution is 2.32. The molecule has 0 atom stereocenters. The van der Waals surface area contributed by atoms with Crippen LogP contribution < -0.4 is 4.74 Å². The number of piperidine rings is 1. The van der Waals surface area contributed by atoms with Crippen LogP contribution in [0, 0.1) is 11.6 Å². The lowest BCUT2D eigenvalue weighted by Crippen LogP contribution is -2.41. The molecule has 10 heteroatoms. The molecule has 2 aromatic heterocycles. The molecule has 1 aliphatic heterocycles. The van der Waals surface area contributed by atoms with Gasteiger partial charge in [0.15, 0.2) is 5.82 Å². The first-order valence-corrected chi connectivity index (χ1v) is 10.6. The molecule has 5 rings (SSSR count). The third-order valence-electron chi connectivity index (χ3n) is 4.89. The van der Waals surface area contributed by atoms with Crippen LogP contribution in [0.4, 0.5) is 8.78 Å². The van der Waals surface area contributed by atoms with E-state index in [2.05, 4.69) is 13.7 Å². The highest BCUT2D eigenvalue weighted by atomic mass is 32.1. The van der Waals surface area contributed by atoms with E-state index < -0.39 is 11.6 Å². The van der Waals surface area contributed by atoms with Crippen molar-refractivity contribution in [3.8, 4) is 5.19 Å². The van der Waals surface area contributed by atoms with Crippen molar-refractivity contribution in [2.75, 3.05) is 13.1 Å². The average Bonchev–Trinajstić information content (AvgIpc) is 3.34. The zero-order valence-corrected chi connectivity index (χ0v) is 16.6. The molecule has 1 amide bonds. The van der Waals surface area contributed by atoms with Crippen molar-refractivity contribution in [2.24, 2.45) is 0 Å². The first-order valence-electron chi connectivity index (χ1n) is 9.01. The van der Waals surface area contributed by atoms with Gasteiger partial charge in [-0.25, -0.2) is 8.78 Å². The van der Waals surface area contributed by atoms with Crippen LogP contribution in [-0.2, 0) is 0 Å². The van der Waals surface area contributed by atoms with Crippen LogP contribution in [0.3, 0.4) is 0 Å². The lowest BCUT2D eigenvalue weighted by molar-refractivity contribution is 0.0595. The summed E-state index contributed by atoms with van der Waals surface area (Å²) < 4.78 is 41.8. The smallest absolute Gasteiger partial charge is 0.274 e. The van der Waals surface area contributed by atoms with Crippen LogP contribution in [-0.4, -0.2) is 43.7 Å². The Morgan fingerprint density at radius 3 is 2.72 bits per heavy atom. The summed E-state index contributed by atoms with van der Waals surface area (Å²) in [6, 6.07) is 7.40. The molecule has 0 bridgehead atoms. The lowest BCUT2D eigenvalue weighted by atomic mass is 10.1. The Bertz CT molecular complexity index is 1220. The monoisotopic (exact) mass is 432 g/mol. The van der Waals surface area contributed by atoms with Crippen molar-refractivity contribution in [3.05, 3.63) is 47.5 Å². The fourth-order valence-corrected chi connectivity index (χ4v) is 4.84. The maximum atomic E-state index is 13.8.